The SMILES string of the molecule is C/C(=C(/N)C(=O)O)N(N)C(C=O)C(C)C. The van der Waals surface area contributed by atoms with Crippen LogP contribution in [0.25, 0.3) is 0 Å². The number of carboxylic acid groups (broad SMARTS) is 1. The molecule has 0 rings (SSSR count). The molecule has 1 unspecified atom stereocenters. The van der Waals surface area contributed by atoms with Gasteiger partial charge in [-0.1, -0.05) is 13.8 Å². The number of nitrogens with zero attached hydrogens (tertiary/aromatic N) is 1. The Morgan fingerprint density at radius 3 is 2.20 bits per heavy atom. The van der Waals surface area contributed by atoms with Gasteiger partial charge in [-0.15, -0.1) is 0 Å². The summed E-state index contributed by atoms with van der Waals surface area (Å²) in [6, 6.07) is -0.581. The van der Waals surface area contributed by atoms with Crippen molar-refractivity contribution >= 4 is 12.3 Å². The highest BCUT2D eigenvalue weighted by molar-refractivity contribution is 5.86. The van der Waals surface area contributed by atoms with Crippen molar-refractivity contribution < 1.29 is 14.7 Å². The van der Waals surface area contributed by atoms with E-state index in [-0.39, 0.29) is 17.3 Å². The van der Waals surface area contributed by atoms with Gasteiger partial charge in [-0.3, -0.25) is 0 Å². The normalized spacial score (nSPS) is 14.5. The minimum atomic E-state index is -1.25. The van der Waals surface area contributed by atoms with Crippen molar-refractivity contribution in [3.63, 3.8) is 0 Å². The van der Waals surface area contributed by atoms with Crippen molar-refractivity contribution in [2.45, 2.75) is 26.8 Å². The number of aldehydes is 1. The van der Waals surface area contributed by atoms with E-state index in [1.54, 1.807) is 0 Å². The Hall–Kier alpha value is -1.56. The molecule has 0 amide bonds. The monoisotopic (exact) mass is 215 g/mol. The zero-order chi connectivity index (χ0) is 12.2. The molecule has 86 valence electrons. The van der Waals surface area contributed by atoms with E-state index >= 15 is 0 Å². The van der Waals surface area contributed by atoms with Gasteiger partial charge in [0.15, 0.2) is 0 Å². The maximum Gasteiger partial charge on any atom is 0.353 e. The van der Waals surface area contributed by atoms with Gasteiger partial charge in [0.25, 0.3) is 0 Å². The van der Waals surface area contributed by atoms with Crippen LogP contribution in [-0.4, -0.2) is 28.4 Å². The van der Waals surface area contributed by atoms with Crippen LogP contribution < -0.4 is 11.6 Å². The number of carbonyl (C=O) groups excluding carboxylic acids is 1. The molecule has 0 aromatic heterocycles. The largest absolute Gasteiger partial charge is 0.477 e. The highest BCUT2D eigenvalue weighted by Crippen LogP contribution is 2.11. The van der Waals surface area contributed by atoms with E-state index in [2.05, 4.69) is 0 Å². The average Bonchev–Trinajstić information content (AvgIpc) is 2.15. The fraction of sp³-hybridized carbons (Fsp3) is 0.556. The first-order chi connectivity index (χ1) is 6.82. The van der Waals surface area contributed by atoms with Gasteiger partial charge in [-0.05, 0) is 12.8 Å². The molecule has 0 spiro atoms. The van der Waals surface area contributed by atoms with Gasteiger partial charge in [0.2, 0.25) is 0 Å². The van der Waals surface area contributed by atoms with Crippen LogP contribution >= 0.6 is 0 Å². The number of carboxylic acids is 1. The Labute approximate surface area is 88.5 Å². The van der Waals surface area contributed by atoms with Crippen LogP contribution in [0.2, 0.25) is 0 Å². The number of hydrogen-bond acceptors (Lipinski definition) is 5. The summed E-state index contributed by atoms with van der Waals surface area (Å²) in [5, 5.41) is 9.73. The smallest absolute Gasteiger partial charge is 0.353 e. The number of hydrazine groups is 1. The molecule has 0 radical (unpaired) electrons. The summed E-state index contributed by atoms with van der Waals surface area (Å²) in [5.41, 5.74) is 5.11. The zero-order valence-corrected chi connectivity index (χ0v) is 9.10. The molecule has 15 heavy (non-hydrogen) atoms. The first-order valence-electron chi connectivity index (χ1n) is 4.51. The maximum atomic E-state index is 10.8. The zero-order valence-electron chi connectivity index (χ0n) is 9.10. The first-order valence-corrected chi connectivity index (χ1v) is 4.51. The van der Waals surface area contributed by atoms with Crippen molar-refractivity contribution in [3.05, 3.63) is 11.4 Å². The van der Waals surface area contributed by atoms with Gasteiger partial charge >= 0.3 is 5.97 Å². The van der Waals surface area contributed by atoms with E-state index in [1.807, 2.05) is 13.8 Å². The van der Waals surface area contributed by atoms with E-state index in [0.717, 1.165) is 5.01 Å². The molecule has 5 N–H and O–H groups in total. The third-order valence-electron chi connectivity index (χ3n) is 2.15. The molecule has 0 heterocycles. The molecular formula is C9H17N3O3. The third kappa shape index (κ3) is 3.25. The molecule has 0 aromatic carbocycles. The second-order valence-electron chi connectivity index (χ2n) is 3.58. The summed E-state index contributed by atoms with van der Waals surface area (Å²) in [7, 11) is 0. The molecule has 0 aliphatic heterocycles. The van der Waals surface area contributed by atoms with Crippen molar-refractivity contribution in [2.75, 3.05) is 0 Å². The van der Waals surface area contributed by atoms with Crippen LogP contribution in [0.3, 0.4) is 0 Å². The molecule has 0 aromatic rings. The number of aliphatic carboxylic acids is 1. The quantitative estimate of drug-likeness (QED) is 0.250. The number of rotatable bonds is 5. The Kier molecular flexibility index (Phi) is 4.80. The minimum absolute atomic E-state index is 0.0240. The Balaban J connectivity index is 4.98. The molecule has 6 nitrogen and oxygen atoms in total. The molecule has 0 saturated heterocycles. The lowest BCUT2D eigenvalue weighted by Crippen LogP contribution is -2.45. The van der Waals surface area contributed by atoms with E-state index < -0.39 is 12.0 Å². The summed E-state index contributed by atoms with van der Waals surface area (Å²) in [4.78, 5) is 21.3. The standard InChI is InChI=1S/C9H17N3O3/c1-5(2)7(4-13)12(11)6(3)8(10)9(14)15/h4-5,7H,10-11H2,1-3H3,(H,14,15)/b8-6-. The van der Waals surface area contributed by atoms with Crippen LogP contribution in [0, 0.1) is 5.92 Å². The molecule has 6 heteroatoms. The van der Waals surface area contributed by atoms with Gasteiger partial charge in [0.05, 0.1) is 5.70 Å². The minimum Gasteiger partial charge on any atom is -0.477 e. The first kappa shape index (κ1) is 13.4. The van der Waals surface area contributed by atoms with E-state index in [1.165, 1.54) is 6.92 Å². The summed E-state index contributed by atoms with van der Waals surface area (Å²) in [6.07, 6.45) is 0.670. The maximum absolute atomic E-state index is 10.8. The van der Waals surface area contributed by atoms with Gasteiger partial charge in [-0.25, -0.2) is 10.6 Å². The molecule has 0 fully saturated rings. The van der Waals surface area contributed by atoms with Gasteiger partial charge < -0.3 is 20.6 Å². The van der Waals surface area contributed by atoms with Crippen LogP contribution in [0.4, 0.5) is 0 Å². The second-order valence-corrected chi connectivity index (χ2v) is 3.58. The number of hydrogen-bond donors (Lipinski definition) is 3. The fourth-order valence-electron chi connectivity index (χ4n) is 1.06. The van der Waals surface area contributed by atoms with Gasteiger partial charge in [0, 0.05) is 0 Å². The van der Waals surface area contributed by atoms with Crippen molar-refractivity contribution in [1.29, 1.82) is 0 Å². The predicted molar refractivity (Wildman–Crippen MR) is 55.2 cm³/mol. The van der Waals surface area contributed by atoms with Crippen LogP contribution in [0.15, 0.2) is 11.4 Å². The molecule has 0 saturated carbocycles. The fourth-order valence-corrected chi connectivity index (χ4v) is 1.06. The van der Waals surface area contributed by atoms with Gasteiger partial charge in [-0.2, -0.15) is 0 Å². The predicted octanol–water partition coefficient (Wildman–Crippen LogP) is -0.340. The number of nitrogens with two attached hydrogens (primary N) is 2. The van der Waals surface area contributed by atoms with Crippen molar-refractivity contribution in [2.24, 2.45) is 17.5 Å². The third-order valence-corrected chi connectivity index (χ3v) is 2.15. The van der Waals surface area contributed by atoms with Crippen LogP contribution in [0.1, 0.15) is 20.8 Å². The summed E-state index contributed by atoms with van der Waals surface area (Å²) in [6.45, 7) is 5.08. The molecule has 0 bridgehead atoms. The Morgan fingerprint density at radius 2 is 1.93 bits per heavy atom. The van der Waals surface area contributed by atoms with E-state index in [0.29, 0.717) is 6.29 Å². The number of allylic oxidation sites excluding steroid dienone is 1. The lowest BCUT2D eigenvalue weighted by molar-refractivity contribution is -0.133. The lowest BCUT2D eigenvalue weighted by atomic mass is 10.1. The van der Waals surface area contributed by atoms with E-state index in [9.17, 15) is 9.59 Å². The topological polar surface area (TPSA) is 110 Å². The molecule has 1 atom stereocenters. The highest BCUT2D eigenvalue weighted by atomic mass is 16.4. The van der Waals surface area contributed by atoms with Crippen LogP contribution in [-0.2, 0) is 9.59 Å². The second kappa shape index (κ2) is 5.35. The highest BCUT2D eigenvalue weighted by Gasteiger charge is 2.21. The summed E-state index contributed by atoms with van der Waals surface area (Å²) < 4.78 is 0. The number of carbonyl (C=O) groups is 2. The van der Waals surface area contributed by atoms with Crippen molar-refractivity contribution in [3.8, 4) is 0 Å². The summed E-state index contributed by atoms with van der Waals surface area (Å²) >= 11 is 0. The molecular weight excluding hydrogens is 198 g/mol. The lowest BCUT2D eigenvalue weighted by Gasteiger charge is -2.28. The molecule has 0 aliphatic carbocycles. The summed E-state index contributed by atoms with van der Waals surface area (Å²) in [5.74, 6) is 4.34. The van der Waals surface area contributed by atoms with Crippen LogP contribution in [0.5, 0.6) is 0 Å². The van der Waals surface area contributed by atoms with Gasteiger partial charge in [0.1, 0.15) is 18.0 Å². The van der Waals surface area contributed by atoms with Crippen molar-refractivity contribution in [1.82, 2.24) is 5.01 Å². The Bertz CT molecular complexity index is 286. The van der Waals surface area contributed by atoms with E-state index in [4.69, 9.17) is 16.7 Å². The average molecular weight is 215 g/mol. The molecule has 0 aliphatic rings. The Morgan fingerprint density at radius 1 is 1.47 bits per heavy atom.